The van der Waals surface area contributed by atoms with E-state index >= 15 is 0 Å². The third-order valence-electron chi connectivity index (χ3n) is 6.38. The summed E-state index contributed by atoms with van der Waals surface area (Å²) in [5, 5.41) is 11.4. The lowest BCUT2D eigenvalue weighted by Gasteiger charge is -2.26. The van der Waals surface area contributed by atoms with Gasteiger partial charge in [0.1, 0.15) is 17.3 Å². The Kier molecular flexibility index (Phi) is 7.67. The lowest BCUT2D eigenvalue weighted by molar-refractivity contribution is -0.132. The summed E-state index contributed by atoms with van der Waals surface area (Å²) in [5.74, 6) is -0.252. The number of ketones is 1. The highest BCUT2D eigenvalue weighted by Gasteiger charge is 2.47. The SMILES string of the molecule is CCOc1ccc(/C(O)=C2/C(=O)C(=O)N(c3ccc(OC(C)C)cc3)C2c2ccc(CC)cc2)cc1C. The van der Waals surface area contributed by atoms with Crippen molar-refractivity contribution in [1.82, 2.24) is 0 Å². The molecule has 0 aliphatic carbocycles. The van der Waals surface area contributed by atoms with Gasteiger partial charge in [-0.2, -0.15) is 0 Å². The summed E-state index contributed by atoms with van der Waals surface area (Å²) in [4.78, 5) is 28.3. The van der Waals surface area contributed by atoms with Gasteiger partial charge in [0.15, 0.2) is 0 Å². The van der Waals surface area contributed by atoms with Crippen LogP contribution < -0.4 is 14.4 Å². The Morgan fingerprint density at radius 2 is 1.65 bits per heavy atom. The molecule has 1 saturated heterocycles. The fraction of sp³-hybridized carbons (Fsp3) is 0.290. The van der Waals surface area contributed by atoms with E-state index in [0.29, 0.717) is 29.4 Å². The Labute approximate surface area is 218 Å². The van der Waals surface area contributed by atoms with Crippen molar-refractivity contribution in [3.63, 3.8) is 0 Å². The largest absolute Gasteiger partial charge is 0.507 e. The highest BCUT2D eigenvalue weighted by molar-refractivity contribution is 6.51. The van der Waals surface area contributed by atoms with Gasteiger partial charge in [-0.25, -0.2) is 0 Å². The highest BCUT2D eigenvalue weighted by atomic mass is 16.5. The van der Waals surface area contributed by atoms with Gasteiger partial charge in [0.25, 0.3) is 11.7 Å². The van der Waals surface area contributed by atoms with Gasteiger partial charge in [0.2, 0.25) is 0 Å². The van der Waals surface area contributed by atoms with Crippen molar-refractivity contribution in [3.8, 4) is 11.5 Å². The van der Waals surface area contributed by atoms with Gasteiger partial charge in [0, 0.05) is 11.3 Å². The van der Waals surface area contributed by atoms with E-state index in [-0.39, 0.29) is 17.4 Å². The molecule has 0 spiro atoms. The van der Waals surface area contributed by atoms with E-state index in [4.69, 9.17) is 9.47 Å². The monoisotopic (exact) mass is 499 g/mol. The molecule has 1 atom stereocenters. The molecule has 1 N–H and O–H groups in total. The third kappa shape index (κ3) is 5.24. The molecule has 3 aromatic rings. The van der Waals surface area contributed by atoms with Crippen LogP contribution in [-0.4, -0.2) is 29.5 Å². The number of aliphatic hydroxyl groups excluding tert-OH is 1. The molecule has 0 saturated carbocycles. The first kappa shape index (κ1) is 26.0. The molecule has 0 aromatic heterocycles. The highest BCUT2D eigenvalue weighted by Crippen LogP contribution is 2.43. The van der Waals surface area contributed by atoms with Crippen molar-refractivity contribution >= 4 is 23.1 Å². The summed E-state index contributed by atoms with van der Waals surface area (Å²) in [6, 6.07) is 19.3. The van der Waals surface area contributed by atoms with Crippen molar-refractivity contribution in [2.45, 2.75) is 53.2 Å². The lowest BCUT2D eigenvalue weighted by atomic mass is 9.94. The Balaban J connectivity index is 1.85. The summed E-state index contributed by atoms with van der Waals surface area (Å²) >= 11 is 0. The van der Waals surface area contributed by atoms with Gasteiger partial charge in [-0.1, -0.05) is 31.2 Å². The summed E-state index contributed by atoms with van der Waals surface area (Å²) in [6.07, 6.45) is 0.873. The first-order valence-electron chi connectivity index (χ1n) is 12.7. The zero-order valence-corrected chi connectivity index (χ0v) is 21.9. The Hall–Kier alpha value is -4.06. The first-order chi connectivity index (χ1) is 17.7. The molecule has 4 rings (SSSR count). The predicted molar refractivity (Wildman–Crippen MR) is 145 cm³/mol. The van der Waals surface area contributed by atoms with Crippen LogP contribution in [0.1, 0.15) is 56.0 Å². The molecule has 0 radical (unpaired) electrons. The fourth-order valence-corrected chi connectivity index (χ4v) is 4.58. The second kappa shape index (κ2) is 10.9. The number of hydrogen-bond acceptors (Lipinski definition) is 5. The Morgan fingerprint density at radius 3 is 2.22 bits per heavy atom. The van der Waals surface area contributed by atoms with Crippen molar-refractivity contribution in [1.29, 1.82) is 0 Å². The number of benzene rings is 3. The van der Waals surface area contributed by atoms with Crippen LogP contribution in [0.3, 0.4) is 0 Å². The predicted octanol–water partition coefficient (Wildman–Crippen LogP) is 6.37. The molecule has 37 heavy (non-hydrogen) atoms. The van der Waals surface area contributed by atoms with Crippen LogP contribution in [0.4, 0.5) is 5.69 Å². The van der Waals surface area contributed by atoms with Crippen LogP contribution in [0.5, 0.6) is 11.5 Å². The summed E-state index contributed by atoms with van der Waals surface area (Å²) in [5.41, 5.74) is 3.76. The van der Waals surface area contributed by atoms with Gasteiger partial charge < -0.3 is 14.6 Å². The fourth-order valence-electron chi connectivity index (χ4n) is 4.58. The summed E-state index contributed by atoms with van der Waals surface area (Å²) < 4.78 is 11.4. The minimum atomic E-state index is -0.783. The quantitative estimate of drug-likeness (QED) is 0.221. The van der Waals surface area contributed by atoms with E-state index in [1.165, 1.54) is 4.90 Å². The van der Waals surface area contributed by atoms with Gasteiger partial charge in [-0.3, -0.25) is 14.5 Å². The van der Waals surface area contributed by atoms with Crippen molar-refractivity contribution in [3.05, 3.63) is 94.6 Å². The second-order valence-corrected chi connectivity index (χ2v) is 9.34. The van der Waals surface area contributed by atoms with E-state index in [0.717, 1.165) is 23.1 Å². The molecule has 1 aliphatic rings. The number of Topliss-reactive ketones (excluding diaryl/α,β-unsaturated/α-hetero) is 1. The van der Waals surface area contributed by atoms with Crippen LogP contribution in [0.2, 0.25) is 0 Å². The summed E-state index contributed by atoms with van der Waals surface area (Å²) in [6.45, 7) is 10.2. The van der Waals surface area contributed by atoms with Crippen LogP contribution in [0.25, 0.3) is 5.76 Å². The molecule has 6 nitrogen and oxygen atoms in total. The third-order valence-corrected chi connectivity index (χ3v) is 6.38. The molecular formula is C31H33NO5. The minimum Gasteiger partial charge on any atom is -0.507 e. The molecule has 0 bridgehead atoms. The molecule has 1 amide bonds. The molecule has 1 fully saturated rings. The zero-order valence-electron chi connectivity index (χ0n) is 21.9. The maximum absolute atomic E-state index is 13.4. The normalized spacial score (nSPS) is 16.9. The summed E-state index contributed by atoms with van der Waals surface area (Å²) in [7, 11) is 0. The number of rotatable bonds is 8. The number of ether oxygens (including phenoxy) is 2. The topological polar surface area (TPSA) is 76.1 Å². The number of carbonyl (C=O) groups is 2. The van der Waals surface area contributed by atoms with Crippen LogP contribution in [0, 0.1) is 6.92 Å². The average molecular weight is 500 g/mol. The van der Waals surface area contributed by atoms with E-state index in [2.05, 4.69) is 6.92 Å². The Morgan fingerprint density at radius 1 is 0.973 bits per heavy atom. The van der Waals surface area contributed by atoms with E-state index in [1.807, 2.05) is 52.0 Å². The van der Waals surface area contributed by atoms with Crippen LogP contribution in [-0.2, 0) is 16.0 Å². The zero-order chi connectivity index (χ0) is 26.7. The van der Waals surface area contributed by atoms with E-state index in [1.54, 1.807) is 42.5 Å². The van der Waals surface area contributed by atoms with Crippen molar-refractivity contribution < 1.29 is 24.2 Å². The maximum Gasteiger partial charge on any atom is 0.300 e. The van der Waals surface area contributed by atoms with Crippen molar-refractivity contribution in [2.24, 2.45) is 0 Å². The van der Waals surface area contributed by atoms with Crippen LogP contribution in [0.15, 0.2) is 72.3 Å². The van der Waals surface area contributed by atoms with Gasteiger partial charge >= 0.3 is 0 Å². The Bertz CT molecular complexity index is 1320. The minimum absolute atomic E-state index is 0.00901. The molecule has 1 heterocycles. The van der Waals surface area contributed by atoms with Gasteiger partial charge in [0.05, 0.1) is 24.3 Å². The van der Waals surface area contributed by atoms with Gasteiger partial charge in [-0.05, 0) is 93.3 Å². The van der Waals surface area contributed by atoms with E-state index < -0.39 is 17.7 Å². The van der Waals surface area contributed by atoms with Gasteiger partial charge in [-0.15, -0.1) is 0 Å². The molecule has 1 unspecified atom stereocenters. The first-order valence-corrected chi connectivity index (χ1v) is 12.7. The number of aliphatic hydroxyl groups is 1. The molecule has 1 aliphatic heterocycles. The lowest BCUT2D eigenvalue weighted by Crippen LogP contribution is -2.29. The number of hydrogen-bond donors (Lipinski definition) is 1. The van der Waals surface area contributed by atoms with E-state index in [9.17, 15) is 14.7 Å². The van der Waals surface area contributed by atoms with Crippen LogP contribution >= 0.6 is 0 Å². The molecular weight excluding hydrogens is 466 g/mol. The molecule has 6 heteroatoms. The molecule has 3 aromatic carbocycles. The number of nitrogens with zero attached hydrogens (tertiary/aromatic N) is 1. The smallest absolute Gasteiger partial charge is 0.300 e. The molecule has 192 valence electrons. The second-order valence-electron chi connectivity index (χ2n) is 9.34. The van der Waals surface area contributed by atoms with Crippen molar-refractivity contribution in [2.75, 3.05) is 11.5 Å². The maximum atomic E-state index is 13.4. The number of carbonyl (C=O) groups excluding carboxylic acids is 2. The average Bonchev–Trinajstić information content (AvgIpc) is 3.15. The number of anilines is 1. The standard InChI is InChI=1S/C31H33NO5/c1-6-21-8-10-22(11-9-21)28-27(29(33)23-12-17-26(36-7-2)20(5)18-23)30(34)31(35)32(28)24-13-15-25(16-14-24)37-19(3)4/h8-19,28,33H,6-7H2,1-5H3/b29-27-. The number of aryl methyl sites for hydroxylation is 2. The number of amides is 1.